The third-order valence-electron chi connectivity index (χ3n) is 1.44. The minimum atomic E-state index is -0.419. The van der Waals surface area contributed by atoms with Gasteiger partial charge < -0.3 is 10.6 Å². The maximum atomic E-state index is 11.0. The second-order valence-corrected chi connectivity index (χ2v) is 2.62. The molecule has 0 aliphatic carbocycles. The number of rotatable bonds is 4. The van der Waals surface area contributed by atoms with E-state index in [1.165, 1.54) is 0 Å². The first-order valence-corrected chi connectivity index (χ1v) is 3.54. The second-order valence-electron chi connectivity index (χ2n) is 2.62. The van der Waals surface area contributed by atoms with Gasteiger partial charge in [-0.1, -0.05) is 13.8 Å². The predicted molar refractivity (Wildman–Crippen MR) is 41.9 cm³/mol. The highest BCUT2D eigenvalue weighted by molar-refractivity contribution is 5.83. The van der Waals surface area contributed by atoms with Gasteiger partial charge in [-0.2, -0.15) is 0 Å². The number of nitrogens with one attached hydrogen (secondary N) is 2. The molecule has 2 N–H and O–H groups in total. The average Bonchev–Trinajstić information content (AvgIpc) is 1.98. The van der Waals surface area contributed by atoms with Crippen LogP contribution in [0, 0.1) is 5.92 Å². The molecule has 0 bridgehead atoms. The van der Waals surface area contributed by atoms with Crippen molar-refractivity contribution in [3.8, 4) is 0 Å². The predicted octanol–water partition coefficient (Wildman–Crippen LogP) is -0.497. The molecule has 0 aliphatic heterocycles. The maximum Gasteiger partial charge on any atom is 0.242 e. The van der Waals surface area contributed by atoms with Crippen molar-refractivity contribution in [2.24, 2.45) is 5.92 Å². The number of hydrogen-bond acceptors (Lipinski definition) is 2. The molecule has 0 aromatic carbocycles. The molecular formula is C7H14N2O2. The van der Waals surface area contributed by atoms with Gasteiger partial charge in [-0.05, 0) is 5.92 Å². The molecule has 0 saturated carbocycles. The molecule has 0 aliphatic rings. The van der Waals surface area contributed by atoms with E-state index in [-0.39, 0.29) is 11.8 Å². The van der Waals surface area contributed by atoms with Crippen molar-refractivity contribution in [1.29, 1.82) is 0 Å². The molecule has 0 heterocycles. The highest BCUT2D eigenvalue weighted by atomic mass is 16.2. The van der Waals surface area contributed by atoms with Gasteiger partial charge >= 0.3 is 0 Å². The Morgan fingerprint density at radius 2 is 2.00 bits per heavy atom. The van der Waals surface area contributed by atoms with Crippen LogP contribution in [0.2, 0.25) is 0 Å². The van der Waals surface area contributed by atoms with Crippen LogP contribution >= 0.6 is 0 Å². The van der Waals surface area contributed by atoms with E-state index in [4.69, 9.17) is 0 Å². The van der Waals surface area contributed by atoms with Gasteiger partial charge in [0.2, 0.25) is 12.3 Å². The summed E-state index contributed by atoms with van der Waals surface area (Å²) >= 11 is 0. The number of hydrogen-bond donors (Lipinski definition) is 2. The van der Waals surface area contributed by atoms with E-state index in [1.54, 1.807) is 7.05 Å². The second kappa shape index (κ2) is 4.71. The van der Waals surface area contributed by atoms with Crippen molar-refractivity contribution in [2.75, 3.05) is 7.05 Å². The van der Waals surface area contributed by atoms with Gasteiger partial charge in [0, 0.05) is 7.05 Å². The molecule has 1 atom stereocenters. The summed E-state index contributed by atoms with van der Waals surface area (Å²) in [5, 5.41) is 4.91. The molecule has 2 amide bonds. The molecule has 0 rings (SSSR count). The number of carbonyl (C=O) groups is 2. The van der Waals surface area contributed by atoms with Crippen LogP contribution in [-0.2, 0) is 9.59 Å². The Kier molecular flexibility index (Phi) is 4.26. The van der Waals surface area contributed by atoms with Gasteiger partial charge in [-0.3, -0.25) is 9.59 Å². The maximum absolute atomic E-state index is 11.0. The third kappa shape index (κ3) is 3.02. The Labute approximate surface area is 66.4 Å². The fraction of sp³-hybridized carbons (Fsp3) is 0.714. The summed E-state index contributed by atoms with van der Waals surface area (Å²) in [6, 6.07) is -0.419. The number of amides is 2. The van der Waals surface area contributed by atoms with E-state index in [0.29, 0.717) is 6.41 Å². The van der Waals surface area contributed by atoms with E-state index in [0.717, 1.165) is 0 Å². The molecule has 0 aromatic heterocycles. The highest BCUT2D eigenvalue weighted by Crippen LogP contribution is 1.99. The van der Waals surface area contributed by atoms with Crippen LogP contribution in [0.1, 0.15) is 13.8 Å². The SMILES string of the molecule is CNC(=O)[C@@H](NC=O)C(C)C. The molecule has 0 spiro atoms. The minimum Gasteiger partial charge on any atom is -0.357 e. The van der Waals surface area contributed by atoms with Gasteiger partial charge in [0.15, 0.2) is 0 Å². The lowest BCUT2D eigenvalue weighted by Gasteiger charge is -2.17. The Hall–Kier alpha value is -1.06. The zero-order chi connectivity index (χ0) is 8.85. The summed E-state index contributed by atoms with van der Waals surface area (Å²) < 4.78 is 0. The Morgan fingerprint density at radius 3 is 2.27 bits per heavy atom. The molecule has 0 fully saturated rings. The van der Waals surface area contributed by atoms with E-state index in [1.807, 2.05) is 13.8 Å². The molecule has 11 heavy (non-hydrogen) atoms. The van der Waals surface area contributed by atoms with E-state index < -0.39 is 6.04 Å². The smallest absolute Gasteiger partial charge is 0.242 e. The van der Waals surface area contributed by atoms with Crippen molar-refractivity contribution >= 4 is 12.3 Å². The first kappa shape index (κ1) is 9.94. The molecular weight excluding hydrogens is 144 g/mol. The monoisotopic (exact) mass is 158 g/mol. The van der Waals surface area contributed by atoms with Crippen LogP contribution in [0.25, 0.3) is 0 Å². The van der Waals surface area contributed by atoms with Crippen molar-refractivity contribution in [1.82, 2.24) is 10.6 Å². The molecule has 4 nitrogen and oxygen atoms in total. The van der Waals surface area contributed by atoms with Gasteiger partial charge in [-0.15, -0.1) is 0 Å². The molecule has 64 valence electrons. The van der Waals surface area contributed by atoms with Crippen molar-refractivity contribution in [3.05, 3.63) is 0 Å². The summed E-state index contributed by atoms with van der Waals surface area (Å²) in [6.45, 7) is 3.74. The highest BCUT2D eigenvalue weighted by Gasteiger charge is 2.19. The van der Waals surface area contributed by atoms with Crippen molar-refractivity contribution in [2.45, 2.75) is 19.9 Å². The normalized spacial score (nSPS) is 12.4. The van der Waals surface area contributed by atoms with Crippen molar-refractivity contribution in [3.63, 3.8) is 0 Å². The minimum absolute atomic E-state index is 0.111. The lowest BCUT2D eigenvalue weighted by molar-refractivity contribution is -0.126. The zero-order valence-electron chi connectivity index (χ0n) is 7.05. The van der Waals surface area contributed by atoms with Crippen LogP contribution in [0.15, 0.2) is 0 Å². The number of likely N-dealkylation sites (N-methyl/N-ethyl adjacent to an activating group) is 1. The summed E-state index contributed by atoms with van der Waals surface area (Å²) in [4.78, 5) is 21.1. The van der Waals surface area contributed by atoms with Crippen LogP contribution in [-0.4, -0.2) is 25.4 Å². The van der Waals surface area contributed by atoms with Gasteiger partial charge in [0.1, 0.15) is 6.04 Å². The van der Waals surface area contributed by atoms with Crippen LogP contribution < -0.4 is 10.6 Å². The summed E-state index contributed by atoms with van der Waals surface area (Å²) in [6.07, 6.45) is 0.542. The zero-order valence-corrected chi connectivity index (χ0v) is 7.05. The molecule has 4 heteroatoms. The Balaban J connectivity index is 4.08. The van der Waals surface area contributed by atoms with E-state index >= 15 is 0 Å². The lowest BCUT2D eigenvalue weighted by Crippen LogP contribution is -2.45. The topological polar surface area (TPSA) is 58.2 Å². The van der Waals surface area contributed by atoms with Gasteiger partial charge in [0.25, 0.3) is 0 Å². The summed E-state index contributed by atoms with van der Waals surface area (Å²) in [5.74, 6) is -0.0488. The fourth-order valence-corrected chi connectivity index (χ4v) is 0.800. The van der Waals surface area contributed by atoms with E-state index in [9.17, 15) is 9.59 Å². The standard InChI is InChI=1S/C7H14N2O2/c1-5(2)6(9-4-10)7(11)8-3/h4-6H,1-3H3,(H,8,11)(H,9,10)/t6-/m0/s1. The molecule has 0 unspecified atom stereocenters. The van der Waals surface area contributed by atoms with Crippen LogP contribution in [0.4, 0.5) is 0 Å². The van der Waals surface area contributed by atoms with Crippen molar-refractivity contribution < 1.29 is 9.59 Å². The summed E-state index contributed by atoms with van der Waals surface area (Å²) in [5.41, 5.74) is 0. The summed E-state index contributed by atoms with van der Waals surface area (Å²) in [7, 11) is 1.55. The lowest BCUT2D eigenvalue weighted by atomic mass is 10.0. The van der Waals surface area contributed by atoms with Gasteiger partial charge in [0.05, 0.1) is 0 Å². The largest absolute Gasteiger partial charge is 0.357 e. The molecule has 0 aromatic rings. The quantitative estimate of drug-likeness (QED) is 0.542. The van der Waals surface area contributed by atoms with E-state index in [2.05, 4.69) is 10.6 Å². The fourth-order valence-electron chi connectivity index (χ4n) is 0.800. The first-order chi connectivity index (χ1) is 5.13. The average molecular weight is 158 g/mol. The first-order valence-electron chi connectivity index (χ1n) is 3.54. The van der Waals surface area contributed by atoms with Crippen LogP contribution in [0.3, 0.4) is 0 Å². The molecule has 0 radical (unpaired) electrons. The Morgan fingerprint density at radius 1 is 1.45 bits per heavy atom. The third-order valence-corrected chi connectivity index (χ3v) is 1.44. The van der Waals surface area contributed by atoms with Gasteiger partial charge in [-0.25, -0.2) is 0 Å². The Bertz CT molecular complexity index is 145. The number of carbonyl (C=O) groups excluding carboxylic acids is 2. The molecule has 0 saturated heterocycles. The van der Waals surface area contributed by atoms with Crippen LogP contribution in [0.5, 0.6) is 0 Å².